The van der Waals surface area contributed by atoms with Crippen LogP contribution in [-0.4, -0.2) is 74.9 Å². The van der Waals surface area contributed by atoms with Gasteiger partial charge in [-0.05, 0) is 17.7 Å². The highest BCUT2D eigenvalue weighted by atomic mass is 32.2. The van der Waals surface area contributed by atoms with Crippen LogP contribution in [0.2, 0.25) is 0 Å². The second-order valence-electron chi connectivity index (χ2n) is 7.22. The number of hydrogen-bond donors (Lipinski definition) is 1. The summed E-state index contributed by atoms with van der Waals surface area (Å²) >= 11 is 1.03. The second-order valence-corrected chi connectivity index (χ2v) is 8.20. The molecule has 2 heterocycles. The number of nitrogens with zero attached hydrogens (tertiary/aromatic N) is 2. The van der Waals surface area contributed by atoms with Gasteiger partial charge in [-0.25, -0.2) is 4.79 Å². The Bertz CT molecular complexity index is 1010. The summed E-state index contributed by atoms with van der Waals surface area (Å²) in [6, 6.07) is 8.19. The molecule has 2 aliphatic rings. The van der Waals surface area contributed by atoms with Gasteiger partial charge in [-0.2, -0.15) is 5.26 Å². The summed E-state index contributed by atoms with van der Waals surface area (Å²) in [7, 11) is 2.42. The molecule has 11 heteroatoms. The molecule has 33 heavy (non-hydrogen) atoms. The summed E-state index contributed by atoms with van der Waals surface area (Å²) in [6.07, 6.45) is 0. The minimum absolute atomic E-state index is 0.0116. The molecule has 0 aromatic heterocycles. The van der Waals surface area contributed by atoms with Gasteiger partial charge in [-0.1, -0.05) is 23.9 Å². The van der Waals surface area contributed by atoms with E-state index in [2.05, 4.69) is 11.4 Å². The third kappa shape index (κ3) is 5.35. The van der Waals surface area contributed by atoms with E-state index in [0.29, 0.717) is 31.9 Å². The number of thioether (sulfide) groups is 1. The Balaban J connectivity index is 1.93. The monoisotopic (exact) mass is 473 g/mol. The predicted molar refractivity (Wildman–Crippen MR) is 117 cm³/mol. The van der Waals surface area contributed by atoms with Crippen LogP contribution in [0.4, 0.5) is 0 Å². The van der Waals surface area contributed by atoms with E-state index in [0.717, 1.165) is 18.9 Å². The molecule has 174 valence electrons. The Labute approximate surface area is 194 Å². The Kier molecular flexibility index (Phi) is 8.08. The van der Waals surface area contributed by atoms with E-state index in [9.17, 15) is 24.4 Å². The van der Waals surface area contributed by atoms with Crippen molar-refractivity contribution in [3.8, 4) is 6.07 Å². The first-order chi connectivity index (χ1) is 15.9. The van der Waals surface area contributed by atoms with E-state index in [1.54, 1.807) is 17.0 Å². The van der Waals surface area contributed by atoms with Gasteiger partial charge in [0, 0.05) is 19.0 Å². The Morgan fingerprint density at radius 2 is 1.85 bits per heavy atom. The van der Waals surface area contributed by atoms with Gasteiger partial charge in [0.15, 0.2) is 0 Å². The maximum atomic E-state index is 12.9. The number of carbonyl (C=O) groups excluding carboxylic acids is 4. The molecule has 2 amide bonds. The van der Waals surface area contributed by atoms with E-state index >= 15 is 0 Å². The van der Waals surface area contributed by atoms with E-state index < -0.39 is 29.7 Å². The zero-order valence-electron chi connectivity index (χ0n) is 18.2. The highest BCUT2D eigenvalue weighted by molar-refractivity contribution is 8.03. The number of rotatable bonds is 6. The number of esters is 2. The molecular formula is C22H23N3O7S. The molecule has 1 N–H and O–H groups in total. The molecule has 0 unspecified atom stereocenters. The second kappa shape index (κ2) is 11.0. The molecule has 0 radical (unpaired) electrons. The molecule has 1 aromatic rings. The first-order valence-corrected chi connectivity index (χ1v) is 11.1. The van der Waals surface area contributed by atoms with Crippen molar-refractivity contribution in [2.24, 2.45) is 5.92 Å². The summed E-state index contributed by atoms with van der Waals surface area (Å²) < 4.78 is 14.8. The zero-order chi connectivity index (χ0) is 24.0. The van der Waals surface area contributed by atoms with Gasteiger partial charge in [0.25, 0.3) is 0 Å². The fourth-order valence-corrected chi connectivity index (χ4v) is 4.61. The zero-order valence-corrected chi connectivity index (χ0v) is 19.0. The van der Waals surface area contributed by atoms with Crippen molar-refractivity contribution in [3.63, 3.8) is 0 Å². The molecular weight excluding hydrogens is 450 g/mol. The van der Waals surface area contributed by atoms with E-state index in [1.165, 1.54) is 19.2 Å². The molecule has 1 saturated heterocycles. The van der Waals surface area contributed by atoms with E-state index in [4.69, 9.17) is 14.2 Å². The highest BCUT2D eigenvalue weighted by Gasteiger charge is 2.44. The van der Waals surface area contributed by atoms with Gasteiger partial charge in [-0.3, -0.25) is 14.4 Å². The lowest BCUT2D eigenvalue weighted by atomic mass is 9.78. The van der Waals surface area contributed by atoms with Crippen molar-refractivity contribution in [2.75, 3.05) is 46.3 Å². The van der Waals surface area contributed by atoms with Gasteiger partial charge >= 0.3 is 11.9 Å². The number of methoxy groups -OCH3 is 2. The maximum absolute atomic E-state index is 12.9. The van der Waals surface area contributed by atoms with Crippen molar-refractivity contribution in [2.45, 2.75) is 5.92 Å². The van der Waals surface area contributed by atoms with Crippen LogP contribution in [-0.2, 0) is 28.6 Å². The number of morpholine rings is 1. The molecule has 2 aliphatic heterocycles. The molecule has 3 rings (SSSR count). The normalized spacial score (nSPS) is 20.5. The van der Waals surface area contributed by atoms with Gasteiger partial charge in [0.05, 0.1) is 55.4 Å². The fourth-order valence-electron chi connectivity index (χ4n) is 3.66. The summed E-state index contributed by atoms with van der Waals surface area (Å²) in [5.41, 5.74) is 0.891. The first kappa shape index (κ1) is 24.3. The van der Waals surface area contributed by atoms with Crippen LogP contribution in [0.25, 0.3) is 0 Å². The quantitative estimate of drug-likeness (QED) is 0.470. The fraction of sp³-hybridized carbons (Fsp3) is 0.409. The largest absolute Gasteiger partial charge is 0.468 e. The predicted octanol–water partition coefficient (Wildman–Crippen LogP) is 0.803. The number of hydrogen-bond acceptors (Lipinski definition) is 9. The molecule has 1 fully saturated rings. The standard InChI is InChI=1S/C22H23N3O7S/c1-30-21(28)14-5-3-13(4-6-14)17-15(11-23)20(24-19(27)18(17)22(29)31-2)33-12-16(26)25-7-9-32-10-8-25/h3-6,17-18H,7-10,12H2,1-2H3,(H,24,27)/t17-,18-/m1/s1. The van der Waals surface area contributed by atoms with Gasteiger partial charge in [-0.15, -0.1) is 0 Å². The van der Waals surface area contributed by atoms with Crippen molar-refractivity contribution >= 4 is 35.5 Å². The van der Waals surface area contributed by atoms with Gasteiger partial charge in [0.2, 0.25) is 11.8 Å². The van der Waals surface area contributed by atoms with Crippen LogP contribution in [0, 0.1) is 17.2 Å². The summed E-state index contributed by atoms with van der Waals surface area (Å²) in [5, 5.41) is 12.7. The summed E-state index contributed by atoms with van der Waals surface area (Å²) in [5.74, 6) is -4.34. The van der Waals surface area contributed by atoms with Crippen LogP contribution in [0.3, 0.4) is 0 Å². The molecule has 0 aliphatic carbocycles. The Hall–Kier alpha value is -3.36. The first-order valence-electron chi connectivity index (χ1n) is 10.1. The molecule has 0 spiro atoms. The average Bonchev–Trinajstić information content (AvgIpc) is 2.86. The lowest BCUT2D eigenvalue weighted by Gasteiger charge is -2.31. The average molecular weight is 474 g/mol. The van der Waals surface area contributed by atoms with E-state index in [-0.39, 0.29) is 27.8 Å². The molecule has 2 atom stereocenters. The maximum Gasteiger partial charge on any atom is 0.337 e. The van der Waals surface area contributed by atoms with Crippen LogP contribution >= 0.6 is 11.8 Å². The Morgan fingerprint density at radius 1 is 1.18 bits per heavy atom. The van der Waals surface area contributed by atoms with E-state index in [1.807, 2.05) is 0 Å². The van der Waals surface area contributed by atoms with Crippen LogP contribution in [0.5, 0.6) is 0 Å². The third-order valence-electron chi connectivity index (χ3n) is 5.38. The number of nitrogens with one attached hydrogen (secondary N) is 1. The molecule has 1 aromatic carbocycles. The van der Waals surface area contributed by atoms with Crippen molar-refractivity contribution < 1.29 is 33.4 Å². The SMILES string of the molecule is COC(=O)c1ccc([C@@H]2C(C#N)=C(SCC(=O)N3CCOCC3)NC(=O)[C@@H]2C(=O)OC)cc1. The number of allylic oxidation sites excluding steroid dienone is 1. The summed E-state index contributed by atoms with van der Waals surface area (Å²) in [4.78, 5) is 51.3. The topological polar surface area (TPSA) is 135 Å². The molecule has 10 nitrogen and oxygen atoms in total. The number of nitriles is 1. The minimum atomic E-state index is -1.30. The summed E-state index contributed by atoms with van der Waals surface area (Å²) in [6.45, 7) is 1.89. The lowest BCUT2D eigenvalue weighted by Crippen LogP contribution is -2.45. The van der Waals surface area contributed by atoms with Crippen LogP contribution in [0.1, 0.15) is 21.8 Å². The van der Waals surface area contributed by atoms with Crippen LogP contribution in [0.15, 0.2) is 34.9 Å². The number of benzene rings is 1. The number of ether oxygens (including phenoxy) is 3. The number of amides is 2. The van der Waals surface area contributed by atoms with Crippen LogP contribution < -0.4 is 5.32 Å². The van der Waals surface area contributed by atoms with Crippen molar-refractivity contribution in [3.05, 3.63) is 46.0 Å². The van der Waals surface area contributed by atoms with Gasteiger partial charge in [0.1, 0.15) is 5.92 Å². The Morgan fingerprint density at radius 3 is 2.42 bits per heavy atom. The number of carbonyl (C=O) groups is 4. The molecule has 0 saturated carbocycles. The van der Waals surface area contributed by atoms with Gasteiger partial charge < -0.3 is 24.4 Å². The van der Waals surface area contributed by atoms with Crippen molar-refractivity contribution in [1.29, 1.82) is 5.26 Å². The highest BCUT2D eigenvalue weighted by Crippen LogP contribution is 2.40. The smallest absolute Gasteiger partial charge is 0.337 e. The minimum Gasteiger partial charge on any atom is -0.468 e. The van der Waals surface area contributed by atoms with Crippen molar-refractivity contribution in [1.82, 2.24) is 10.2 Å². The molecule has 0 bridgehead atoms. The third-order valence-corrected chi connectivity index (χ3v) is 6.38. The lowest BCUT2D eigenvalue weighted by molar-refractivity contribution is -0.150.